The van der Waals surface area contributed by atoms with Crippen molar-refractivity contribution in [1.29, 1.82) is 0 Å². The van der Waals surface area contributed by atoms with E-state index in [9.17, 15) is 48.3 Å². The van der Waals surface area contributed by atoms with Crippen molar-refractivity contribution in [3.05, 3.63) is 84.4 Å². The van der Waals surface area contributed by atoms with Gasteiger partial charge in [-0.25, -0.2) is 17.2 Å². The topological polar surface area (TPSA) is 72.3 Å². The van der Waals surface area contributed by atoms with E-state index >= 15 is 0 Å². The van der Waals surface area contributed by atoms with E-state index in [0.29, 0.717) is 25.1 Å². The summed E-state index contributed by atoms with van der Waals surface area (Å²) < 4.78 is 126. The van der Waals surface area contributed by atoms with Crippen LogP contribution in [0.3, 0.4) is 0 Å². The highest BCUT2D eigenvalue weighted by Gasteiger charge is 2.73. The molecule has 0 aliphatic carbocycles. The SMILES string of the molecule is CC(C)(C(=O)N1CCC(S(=O)(=O)c2ccc(F)cc2)C1)n1cccn1.FC(F)(F)C(F)(c1ccccc1)C(F)(F)F. The summed E-state index contributed by atoms with van der Waals surface area (Å²) in [5.74, 6) is -0.656. The first kappa shape index (κ1) is 32.0. The van der Waals surface area contributed by atoms with Crippen LogP contribution in [0.1, 0.15) is 25.8 Å². The molecule has 0 bridgehead atoms. The fraction of sp³-hybridized carbons (Fsp3) is 0.385. The standard InChI is InChI=1S/C17H20FN3O3S.C9H5F7/c1-17(2,21-10-3-9-19-21)16(22)20-11-8-15(12-20)25(23,24)14-6-4-13(18)5-7-14;10-7(8(11,12)13,9(14,15)16)6-4-2-1-3-5-6/h3-7,9-10,15H,8,11-12H2,1-2H3;1-5H. The minimum atomic E-state index is -6.05. The van der Waals surface area contributed by atoms with E-state index in [1.807, 2.05) is 0 Å². The lowest BCUT2D eigenvalue weighted by atomic mass is 9.94. The van der Waals surface area contributed by atoms with Crippen molar-refractivity contribution >= 4 is 15.7 Å². The maximum absolute atomic E-state index is 13.3. The molecule has 1 unspecified atom stereocenters. The van der Waals surface area contributed by atoms with Gasteiger partial charge in [-0.15, -0.1) is 0 Å². The van der Waals surface area contributed by atoms with Gasteiger partial charge in [0.1, 0.15) is 11.4 Å². The molecule has 1 amide bonds. The molecular formula is C26H25F8N3O3S. The van der Waals surface area contributed by atoms with E-state index in [0.717, 1.165) is 24.3 Å². The molecule has 1 aliphatic rings. The fourth-order valence-electron chi connectivity index (χ4n) is 4.22. The van der Waals surface area contributed by atoms with E-state index in [-0.39, 0.29) is 17.3 Å². The molecule has 3 aromatic rings. The number of sulfone groups is 1. The van der Waals surface area contributed by atoms with Gasteiger partial charge in [0.05, 0.1) is 10.1 Å². The molecule has 0 spiro atoms. The third kappa shape index (κ3) is 6.39. The molecule has 1 aromatic heterocycles. The molecule has 1 aliphatic heterocycles. The van der Waals surface area contributed by atoms with Crippen molar-refractivity contribution in [2.24, 2.45) is 0 Å². The van der Waals surface area contributed by atoms with E-state index < -0.39 is 50.0 Å². The van der Waals surface area contributed by atoms with E-state index in [1.165, 1.54) is 18.2 Å². The predicted molar refractivity (Wildman–Crippen MR) is 131 cm³/mol. The first-order chi connectivity index (χ1) is 18.8. The molecule has 2 heterocycles. The Morgan fingerprint density at radius 1 is 0.878 bits per heavy atom. The highest BCUT2D eigenvalue weighted by atomic mass is 32.2. The number of rotatable bonds is 5. The third-order valence-corrected chi connectivity index (χ3v) is 8.76. The van der Waals surface area contributed by atoms with Gasteiger partial charge in [-0.05, 0) is 50.6 Å². The third-order valence-electron chi connectivity index (χ3n) is 6.57. The van der Waals surface area contributed by atoms with Gasteiger partial charge in [-0.2, -0.15) is 31.4 Å². The van der Waals surface area contributed by atoms with Crippen molar-refractivity contribution in [3.63, 3.8) is 0 Å². The van der Waals surface area contributed by atoms with Crippen molar-refractivity contribution < 1.29 is 48.3 Å². The van der Waals surface area contributed by atoms with Gasteiger partial charge in [0.25, 0.3) is 0 Å². The first-order valence-corrected chi connectivity index (χ1v) is 13.5. The second kappa shape index (κ2) is 11.4. The number of carbonyl (C=O) groups is 1. The summed E-state index contributed by atoms with van der Waals surface area (Å²) in [6.45, 7) is 4.01. The molecule has 4 rings (SSSR count). The molecule has 15 heteroatoms. The summed E-state index contributed by atoms with van der Waals surface area (Å²) in [6, 6.07) is 10.4. The maximum atomic E-state index is 13.3. The van der Waals surface area contributed by atoms with Gasteiger partial charge in [0, 0.05) is 31.0 Å². The second-order valence-corrected chi connectivity index (χ2v) is 11.9. The zero-order valence-electron chi connectivity index (χ0n) is 21.6. The van der Waals surface area contributed by atoms with Crippen molar-refractivity contribution in [1.82, 2.24) is 14.7 Å². The monoisotopic (exact) mass is 611 g/mol. The Morgan fingerprint density at radius 3 is 1.93 bits per heavy atom. The Hall–Kier alpha value is -3.49. The highest BCUT2D eigenvalue weighted by Crippen LogP contribution is 2.53. The number of aromatic nitrogens is 2. The molecule has 1 fully saturated rings. The van der Waals surface area contributed by atoms with Gasteiger partial charge >= 0.3 is 18.0 Å². The second-order valence-electron chi connectivity index (χ2n) is 9.69. The number of benzene rings is 2. The minimum Gasteiger partial charge on any atom is -0.339 e. The molecule has 41 heavy (non-hydrogen) atoms. The van der Waals surface area contributed by atoms with E-state index in [4.69, 9.17) is 0 Å². The van der Waals surface area contributed by atoms with Crippen molar-refractivity contribution in [3.8, 4) is 0 Å². The smallest absolute Gasteiger partial charge is 0.339 e. The van der Waals surface area contributed by atoms with E-state index in [2.05, 4.69) is 5.10 Å². The average Bonchev–Trinajstić information content (AvgIpc) is 3.61. The molecular weight excluding hydrogens is 586 g/mol. The van der Waals surface area contributed by atoms with Crippen molar-refractivity contribution in [2.45, 2.75) is 54.0 Å². The lowest BCUT2D eigenvalue weighted by Gasteiger charge is -2.30. The minimum absolute atomic E-state index is 0.0829. The van der Waals surface area contributed by atoms with Crippen LogP contribution in [-0.4, -0.2) is 59.7 Å². The van der Waals surface area contributed by atoms with Crippen LogP contribution in [0.15, 0.2) is 78.0 Å². The average molecular weight is 612 g/mol. The zero-order valence-corrected chi connectivity index (χ0v) is 22.4. The molecule has 0 N–H and O–H groups in total. The lowest BCUT2D eigenvalue weighted by Crippen LogP contribution is -2.50. The number of hydrogen-bond acceptors (Lipinski definition) is 4. The normalized spacial score (nSPS) is 16.7. The Balaban J connectivity index is 0.000000250. The quantitative estimate of drug-likeness (QED) is 0.270. The molecule has 2 aromatic carbocycles. The van der Waals surface area contributed by atoms with Crippen LogP contribution in [0.25, 0.3) is 0 Å². The predicted octanol–water partition coefficient (Wildman–Crippen LogP) is 5.81. The Kier molecular flexibility index (Phi) is 8.92. The summed E-state index contributed by atoms with van der Waals surface area (Å²) in [7, 11) is -3.60. The Morgan fingerprint density at radius 2 is 1.44 bits per heavy atom. The summed E-state index contributed by atoms with van der Waals surface area (Å²) in [4.78, 5) is 14.5. The summed E-state index contributed by atoms with van der Waals surface area (Å²) in [5, 5.41) is 3.43. The summed E-state index contributed by atoms with van der Waals surface area (Å²) in [6.07, 6.45) is -8.43. The molecule has 1 atom stereocenters. The lowest BCUT2D eigenvalue weighted by molar-refractivity contribution is -0.348. The number of alkyl halides is 7. The van der Waals surface area contributed by atoms with Crippen LogP contribution in [0.4, 0.5) is 35.1 Å². The van der Waals surface area contributed by atoms with E-state index in [1.54, 1.807) is 41.9 Å². The largest absolute Gasteiger partial charge is 0.435 e. The van der Waals surface area contributed by atoms with Crippen LogP contribution in [-0.2, 0) is 25.8 Å². The molecule has 0 radical (unpaired) electrons. The number of amides is 1. The highest BCUT2D eigenvalue weighted by molar-refractivity contribution is 7.92. The Labute approximate surface area is 230 Å². The number of likely N-dealkylation sites (tertiary alicyclic amines) is 1. The fourth-order valence-corrected chi connectivity index (χ4v) is 5.92. The van der Waals surface area contributed by atoms with Gasteiger partial charge in [-0.3, -0.25) is 9.48 Å². The molecule has 0 saturated carbocycles. The maximum Gasteiger partial charge on any atom is 0.435 e. The zero-order chi connectivity index (χ0) is 30.9. The van der Waals surface area contributed by atoms with Gasteiger partial charge in [0.2, 0.25) is 5.91 Å². The van der Waals surface area contributed by atoms with Crippen LogP contribution in [0.5, 0.6) is 0 Å². The van der Waals surface area contributed by atoms with Crippen LogP contribution in [0.2, 0.25) is 0 Å². The van der Waals surface area contributed by atoms with Gasteiger partial charge < -0.3 is 4.90 Å². The number of carbonyl (C=O) groups excluding carboxylic acids is 1. The van der Waals surface area contributed by atoms with Crippen LogP contribution >= 0.6 is 0 Å². The van der Waals surface area contributed by atoms with Gasteiger partial charge in [-0.1, -0.05) is 30.3 Å². The molecule has 6 nitrogen and oxygen atoms in total. The molecule has 224 valence electrons. The number of nitrogens with zero attached hydrogens (tertiary/aromatic N) is 3. The number of halogens is 8. The number of hydrogen-bond donors (Lipinski definition) is 0. The Bertz CT molecular complexity index is 1410. The van der Waals surface area contributed by atoms with Crippen LogP contribution in [0, 0.1) is 5.82 Å². The van der Waals surface area contributed by atoms with Crippen molar-refractivity contribution in [2.75, 3.05) is 13.1 Å². The summed E-state index contributed by atoms with van der Waals surface area (Å²) in [5.41, 5.74) is -7.70. The molecule has 1 saturated heterocycles. The summed E-state index contributed by atoms with van der Waals surface area (Å²) >= 11 is 0. The van der Waals surface area contributed by atoms with Crippen LogP contribution < -0.4 is 0 Å². The van der Waals surface area contributed by atoms with Gasteiger partial charge in [0.15, 0.2) is 9.84 Å². The first-order valence-electron chi connectivity index (χ1n) is 12.0.